The number of nitrogens with zero attached hydrogens (tertiary/aromatic N) is 3. The number of aromatic hydroxyl groups is 1. The molecule has 0 unspecified atom stereocenters. The number of halogens is 3. The van der Waals surface area contributed by atoms with Crippen LogP contribution < -0.4 is 0 Å². The van der Waals surface area contributed by atoms with E-state index >= 15 is 0 Å². The summed E-state index contributed by atoms with van der Waals surface area (Å²) in [5.74, 6) is -1.72. The van der Waals surface area contributed by atoms with Gasteiger partial charge in [-0.15, -0.1) is 0 Å². The van der Waals surface area contributed by atoms with Crippen LogP contribution in [0.5, 0.6) is 5.75 Å². The Morgan fingerprint density at radius 1 is 1.35 bits per heavy atom. The lowest BCUT2D eigenvalue weighted by atomic mass is 10.3. The van der Waals surface area contributed by atoms with Gasteiger partial charge in [-0.1, -0.05) is 5.16 Å². The Morgan fingerprint density at radius 3 is 2.30 bits per heavy atom. The molecule has 0 spiro atoms. The SMILES string of the molecule is Cc1nc(-c2ccc(O)cn2)no1.O=C(O)C(F)(F)F. The Morgan fingerprint density at radius 2 is 1.95 bits per heavy atom. The van der Waals surface area contributed by atoms with Crippen LogP contribution >= 0.6 is 0 Å². The van der Waals surface area contributed by atoms with Crippen LogP contribution in [0.3, 0.4) is 0 Å². The van der Waals surface area contributed by atoms with Gasteiger partial charge in [0.1, 0.15) is 11.4 Å². The molecule has 0 aliphatic heterocycles. The van der Waals surface area contributed by atoms with Gasteiger partial charge in [-0.05, 0) is 12.1 Å². The normalized spacial score (nSPS) is 10.6. The maximum Gasteiger partial charge on any atom is 0.490 e. The Labute approximate surface area is 109 Å². The molecule has 0 atom stereocenters. The molecule has 0 saturated heterocycles. The van der Waals surface area contributed by atoms with E-state index in [2.05, 4.69) is 15.1 Å². The fraction of sp³-hybridized carbons (Fsp3) is 0.200. The van der Waals surface area contributed by atoms with Crippen molar-refractivity contribution in [3.05, 3.63) is 24.2 Å². The van der Waals surface area contributed by atoms with Crippen LogP contribution in [-0.2, 0) is 4.79 Å². The molecule has 2 heterocycles. The average molecular weight is 291 g/mol. The monoisotopic (exact) mass is 291 g/mol. The van der Waals surface area contributed by atoms with E-state index in [1.165, 1.54) is 12.3 Å². The van der Waals surface area contributed by atoms with Gasteiger partial charge in [-0.2, -0.15) is 18.2 Å². The number of carboxylic acids is 1. The third-order valence-corrected chi connectivity index (χ3v) is 1.75. The van der Waals surface area contributed by atoms with Gasteiger partial charge in [0.25, 0.3) is 0 Å². The molecule has 2 aromatic rings. The molecule has 2 rings (SSSR count). The van der Waals surface area contributed by atoms with Crippen molar-refractivity contribution in [1.29, 1.82) is 0 Å². The molecule has 0 aliphatic carbocycles. The van der Waals surface area contributed by atoms with Crippen LogP contribution in [0.25, 0.3) is 11.5 Å². The summed E-state index contributed by atoms with van der Waals surface area (Å²) in [7, 11) is 0. The quantitative estimate of drug-likeness (QED) is 0.824. The highest BCUT2D eigenvalue weighted by Gasteiger charge is 2.38. The summed E-state index contributed by atoms with van der Waals surface area (Å²) >= 11 is 0. The summed E-state index contributed by atoms with van der Waals surface area (Å²) in [6.07, 6.45) is -3.75. The molecule has 0 radical (unpaired) electrons. The van der Waals surface area contributed by atoms with E-state index in [0.717, 1.165) is 0 Å². The molecule has 0 aromatic carbocycles. The maximum absolute atomic E-state index is 10.6. The van der Waals surface area contributed by atoms with Gasteiger partial charge in [0.15, 0.2) is 0 Å². The Hall–Kier alpha value is -2.65. The number of aliphatic carboxylic acids is 1. The molecule has 7 nitrogen and oxygen atoms in total. The van der Waals surface area contributed by atoms with E-state index in [0.29, 0.717) is 17.4 Å². The van der Waals surface area contributed by atoms with Crippen LogP contribution in [0.1, 0.15) is 5.89 Å². The van der Waals surface area contributed by atoms with Crippen molar-refractivity contribution in [3.8, 4) is 17.3 Å². The molecule has 10 heteroatoms. The fourth-order valence-corrected chi connectivity index (χ4v) is 0.922. The molecule has 2 aromatic heterocycles. The summed E-state index contributed by atoms with van der Waals surface area (Å²) in [5.41, 5.74) is 0.578. The Bertz CT molecular complexity index is 580. The van der Waals surface area contributed by atoms with E-state index < -0.39 is 12.1 Å². The highest BCUT2D eigenvalue weighted by Crippen LogP contribution is 2.15. The minimum Gasteiger partial charge on any atom is -0.506 e. The van der Waals surface area contributed by atoms with Gasteiger partial charge >= 0.3 is 12.1 Å². The predicted molar refractivity (Wildman–Crippen MR) is 57.6 cm³/mol. The van der Waals surface area contributed by atoms with Crippen LogP contribution in [0, 0.1) is 6.92 Å². The van der Waals surface area contributed by atoms with Gasteiger partial charge in [0, 0.05) is 6.92 Å². The largest absolute Gasteiger partial charge is 0.506 e. The first-order chi connectivity index (χ1) is 9.20. The second kappa shape index (κ2) is 5.99. The molecule has 20 heavy (non-hydrogen) atoms. The van der Waals surface area contributed by atoms with Crippen LogP contribution in [0.4, 0.5) is 13.2 Å². The van der Waals surface area contributed by atoms with Gasteiger partial charge in [-0.3, -0.25) is 0 Å². The molecular weight excluding hydrogens is 283 g/mol. The van der Waals surface area contributed by atoms with Gasteiger partial charge in [-0.25, -0.2) is 9.78 Å². The smallest absolute Gasteiger partial charge is 0.490 e. The molecule has 0 fully saturated rings. The zero-order valence-corrected chi connectivity index (χ0v) is 9.92. The van der Waals surface area contributed by atoms with Gasteiger partial charge in [0.05, 0.1) is 6.20 Å². The first-order valence-corrected chi connectivity index (χ1v) is 4.96. The van der Waals surface area contributed by atoms with E-state index in [1.807, 2.05) is 0 Å². The van der Waals surface area contributed by atoms with Crippen molar-refractivity contribution in [2.24, 2.45) is 0 Å². The van der Waals surface area contributed by atoms with Crippen molar-refractivity contribution in [3.63, 3.8) is 0 Å². The van der Waals surface area contributed by atoms with Crippen molar-refractivity contribution in [1.82, 2.24) is 15.1 Å². The fourth-order valence-electron chi connectivity index (χ4n) is 0.922. The minimum absolute atomic E-state index is 0.115. The predicted octanol–water partition coefficient (Wildman–Crippen LogP) is 1.78. The highest BCUT2D eigenvalue weighted by molar-refractivity contribution is 5.73. The number of aromatic nitrogens is 3. The van der Waals surface area contributed by atoms with Crippen LogP contribution in [-0.4, -0.2) is 37.5 Å². The maximum atomic E-state index is 10.6. The molecular formula is C10H8F3N3O4. The number of carbonyl (C=O) groups is 1. The third kappa shape index (κ3) is 4.55. The summed E-state index contributed by atoms with van der Waals surface area (Å²) in [5, 5.41) is 19.8. The van der Waals surface area contributed by atoms with Gasteiger partial charge < -0.3 is 14.7 Å². The molecule has 108 valence electrons. The third-order valence-electron chi connectivity index (χ3n) is 1.75. The molecule has 0 amide bonds. The number of hydrogen-bond acceptors (Lipinski definition) is 6. The lowest BCUT2D eigenvalue weighted by Crippen LogP contribution is -2.21. The molecule has 0 bridgehead atoms. The van der Waals surface area contributed by atoms with Crippen molar-refractivity contribution < 1.29 is 32.7 Å². The number of aryl methyl sites for hydroxylation is 1. The van der Waals surface area contributed by atoms with E-state index in [1.54, 1.807) is 13.0 Å². The summed E-state index contributed by atoms with van der Waals surface area (Å²) in [6.45, 7) is 1.71. The molecule has 0 saturated carbocycles. The van der Waals surface area contributed by atoms with Crippen molar-refractivity contribution >= 4 is 5.97 Å². The van der Waals surface area contributed by atoms with Crippen molar-refractivity contribution in [2.75, 3.05) is 0 Å². The zero-order chi connectivity index (χ0) is 15.3. The van der Waals surface area contributed by atoms with E-state index in [-0.39, 0.29) is 5.75 Å². The zero-order valence-electron chi connectivity index (χ0n) is 9.92. The second-order valence-electron chi connectivity index (χ2n) is 3.34. The minimum atomic E-state index is -5.08. The van der Waals surface area contributed by atoms with E-state index in [9.17, 15) is 13.2 Å². The Balaban J connectivity index is 0.000000246. The lowest BCUT2D eigenvalue weighted by Gasteiger charge is -1.93. The topological polar surface area (TPSA) is 109 Å². The summed E-state index contributed by atoms with van der Waals surface area (Å²) in [6, 6.07) is 3.15. The molecule has 2 N–H and O–H groups in total. The average Bonchev–Trinajstić information content (AvgIpc) is 2.76. The summed E-state index contributed by atoms with van der Waals surface area (Å²) < 4.78 is 36.5. The van der Waals surface area contributed by atoms with Gasteiger partial charge in [0.2, 0.25) is 11.7 Å². The summed E-state index contributed by atoms with van der Waals surface area (Å²) in [4.78, 5) is 16.8. The number of alkyl halides is 3. The highest BCUT2D eigenvalue weighted by atomic mass is 19.4. The van der Waals surface area contributed by atoms with Crippen LogP contribution in [0.2, 0.25) is 0 Å². The lowest BCUT2D eigenvalue weighted by molar-refractivity contribution is -0.192. The second-order valence-corrected chi connectivity index (χ2v) is 3.34. The van der Waals surface area contributed by atoms with E-state index in [4.69, 9.17) is 19.5 Å². The number of hydrogen-bond donors (Lipinski definition) is 2. The number of pyridine rings is 1. The van der Waals surface area contributed by atoms with Crippen molar-refractivity contribution in [2.45, 2.75) is 13.1 Å². The first kappa shape index (κ1) is 15.4. The van der Waals surface area contributed by atoms with Crippen LogP contribution in [0.15, 0.2) is 22.9 Å². The first-order valence-electron chi connectivity index (χ1n) is 4.96. The number of rotatable bonds is 1. The standard InChI is InChI=1S/C8H7N3O2.C2HF3O2/c1-5-10-8(11-13-5)7-3-2-6(12)4-9-7;3-2(4,5)1(6)7/h2-4,12H,1H3;(H,6,7). The molecule has 0 aliphatic rings. The Kier molecular flexibility index (Phi) is 4.62. The number of carboxylic acid groups (broad SMARTS) is 1.